The average molecular weight is 430 g/mol. The third kappa shape index (κ3) is 6.09. The molecular formula is C19H23ClF3N5O. The van der Waals surface area contributed by atoms with Gasteiger partial charge >= 0.3 is 6.18 Å². The molecule has 2 unspecified atom stereocenters. The van der Waals surface area contributed by atoms with Crippen LogP contribution in [0.15, 0.2) is 33.8 Å². The lowest BCUT2D eigenvalue weighted by Gasteiger charge is -2.31. The highest BCUT2D eigenvalue weighted by atomic mass is 35.5. The fraction of sp³-hybridized carbons (Fsp3) is 0.526. The highest BCUT2D eigenvalue weighted by molar-refractivity contribution is 6.30. The molecule has 2 aromatic rings. The zero-order chi connectivity index (χ0) is 20.9. The molecule has 1 fully saturated rings. The summed E-state index contributed by atoms with van der Waals surface area (Å²) in [6.07, 6.45) is -2.18. The van der Waals surface area contributed by atoms with Crippen molar-refractivity contribution >= 4 is 17.6 Å². The lowest BCUT2D eigenvalue weighted by atomic mass is 9.85. The summed E-state index contributed by atoms with van der Waals surface area (Å²) in [4.78, 5) is 8.43. The lowest BCUT2D eigenvalue weighted by Crippen LogP contribution is -2.47. The zero-order valence-electron chi connectivity index (χ0n) is 16.0. The van der Waals surface area contributed by atoms with Crippen LogP contribution in [-0.4, -0.2) is 41.9 Å². The molecule has 158 valence electrons. The molecule has 1 heterocycles. The van der Waals surface area contributed by atoms with Crippen LogP contribution in [0.5, 0.6) is 0 Å². The second-order valence-electron chi connectivity index (χ2n) is 7.01. The molecule has 6 nitrogen and oxygen atoms in total. The minimum absolute atomic E-state index is 0.0678. The first-order valence-electron chi connectivity index (χ1n) is 9.47. The molecule has 1 aromatic heterocycles. The van der Waals surface area contributed by atoms with E-state index < -0.39 is 12.1 Å². The second-order valence-corrected chi connectivity index (χ2v) is 7.45. The summed E-state index contributed by atoms with van der Waals surface area (Å²) in [5, 5.41) is 10.8. The van der Waals surface area contributed by atoms with Crippen LogP contribution < -0.4 is 10.6 Å². The van der Waals surface area contributed by atoms with Crippen LogP contribution in [0.25, 0.3) is 11.4 Å². The van der Waals surface area contributed by atoms with Gasteiger partial charge in [0.25, 0.3) is 0 Å². The number of rotatable bonds is 5. The van der Waals surface area contributed by atoms with Crippen molar-refractivity contribution in [2.24, 2.45) is 10.9 Å². The van der Waals surface area contributed by atoms with Gasteiger partial charge in [0.2, 0.25) is 11.7 Å². The minimum Gasteiger partial charge on any atom is -0.356 e. The number of nitrogens with zero attached hydrogens (tertiary/aromatic N) is 3. The molecule has 2 atom stereocenters. The summed E-state index contributed by atoms with van der Waals surface area (Å²) in [5.41, 5.74) is 0.798. The molecule has 3 rings (SSSR count). The normalized spacial score (nSPS) is 20.5. The minimum atomic E-state index is -4.14. The van der Waals surface area contributed by atoms with Crippen molar-refractivity contribution in [2.75, 3.05) is 13.6 Å². The van der Waals surface area contributed by atoms with E-state index in [0.717, 1.165) is 5.56 Å². The Morgan fingerprint density at radius 3 is 2.72 bits per heavy atom. The standard InChI is InChI=1S/C19H23ClF3N5O/c1-24-18(26-15-4-2-3-13(11-15)19(21,22)23)25-10-9-16-27-17(28-29-16)12-5-7-14(20)8-6-12/h5-8,13,15H,2-4,9-11H2,1H3,(H2,24,25,26). The molecule has 10 heteroatoms. The quantitative estimate of drug-likeness (QED) is 0.550. The van der Waals surface area contributed by atoms with Crippen LogP contribution >= 0.6 is 11.6 Å². The van der Waals surface area contributed by atoms with Crippen LogP contribution in [0.4, 0.5) is 13.2 Å². The van der Waals surface area contributed by atoms with E-state index in [9.17, 15) is 13.2 Å². The van der Waals surface area contributed by atoms with Gasteiger partial charge in [-0.25, -0.2) is 0 Å². The van der Waals surface area contributed by atoms with Crippen LogP contribution in [0.3, 0.4) is 0 Å². The third-order valence-electron chi connectivity index (χ3n) is 4.90. The van der Waals surface area contributed by atoms with Crippen LogP contribution in [0.2, 0.25) is 5.02 Å². The molecule has 0 radical (unpaired) electrons. The Kier molecular flexibility index (Phi) is 7.00. The van der Waals surface area contributed by atoms with Crippen molar-refractivity contribution in [1.29, 1.82) is 0 Å². The maximum atomic E-state index is 13.0. The molecule has 0 saturated heterocycles. The number of halogens is 4. The molecule has 2 N–H and O–H groups in total. The number of alkyl halides is 3. The topological polar surface area (TPSA) is 75.3 Å². The predicted octanol–water partition coefficient (Wildman–Crippen LogP) is 4.22. The van der Waals surface area contributed by atoms with Crippen LogP contribution in [0, 0.1) is 5.92 Å². The summed E-state index contributed by atoms with van der Waals surface area (Å²) < 4.78 is 44.1. The molecule has 1 aliphatic carbocycles. The third-order valence-corrected chi connectivity index (χ3v) is 5.16. The lowest BCUT2D eigenvalue weighted by molar-refractivity contribution is -0.183. The SMILES string of the molecule is CN=C(NCCc1nc(-c2ccc(Cl)cc2)no1)NC1CCCC(C(F)(F)F)C1. The molecule has 0 aliphatic heterocycles. The van der Waals surface area contributed by atoms with Gasteiger partial charge in [-0.3, -0.25) is 4.99 Å². The Hall–Kier alpha value is -2.29. The molecule has 1 aromatic carbocycles. The monoisotopic (exact) mass is 429 g/mol. The van der Waals surface area contributed by atoms with Gasteiger partial charge in [-0.2, -0.15) is 18.2 Å². The van der Waals surface area contributed by atoms with Crippen molar-refractivity contribution < 1.29 is 17.7 Å². The predicted molar refractivity (Wildman–Crippen MR) is 105 cm³/mol. The van der Waals surface area contributed by atoms with Gasteiger partial charge in [0.05, 0.1) is 5.92 Å². The average Bonchev–Trinajstić information content (AvgIpc) is 3.16. The van der Waals surface area contributed by atoms with E-state index in [2.05, 4.69) is 25.8 Å². The van der Waals surface area contributed by atoms with E-state index in [1.165, 1.54) is 0 Å². The zero-order valence-corrected chi connectivity index (χ0v) is 16.7. The highest BCUT2D eigenvalue weighted by Crippen LogP contribution is 2.37. The summed E-state index contributed by atoms with van der Waals surface area (Å²) in [7, 11) is 1.59. The molecular weight excluding hydrogens is 407 g/mol. The van der Waals surface area contributed by atoms with E-state index in [-0.39, 0.29) is 18.9 Å². The Morgan fingerprint density at radius 2 is 2.03 bits per heavy atom. The summed E-state index contributed by atoms with van der Waals surface area (Å²) in [5.74, 6) is 0.138. The Morgan fingerprint density at radius 1 is 1.28 bits per heavy atom. The fourth-order valence-electron chi connectivity index (χ4n) is 3.37. The Bertz CT molecular complexity index is 822. The molecule has 1 saturated carbocycles. The van der Waals surface area contributed by atoms with Crippen molar-refractivity contribution in [3.05, 3.63) is 35.2 Å². The van der Waals surface area contributed by atoms with Gasteiger partial charge in [0.15, 0.2) is 5.96 Å². The number of hydrogen-bond acceptors (Lipinski definition) is 4. The smallest absolute Gasteiger partial charge is 0.356 e. The Labute approximate surface area is 171 Å². The van der Waals surface area contributed by atoms with E-state index in [4.69, 9.17) is 16.1 Å². The van der Waals surface area contributed by atoms with E-state index in [1.54, 1.807) is 31.3 Å². The van der Waals surface area contributed by atoms with E-state index >= 15 is 0 Å². The maximum Gasteiger partial charge on any atom is 0.391 e. The number of benzene rings is 1. The second kappa shape index (κ2) is 9.47. The first-order chi connectivity index (χ1) is 13.8. The molecule has 0 bridgehead atoms. The largest absolute Gasteiger partial charge is 0.391 e. The van der Waals surface area contributed by atoms with Gasteiger partial charge in [-0.15, -0.1) is 0 Å². The van der Waals surface area contributed by atoms with E-state index in [1.807, 2.05) is 0 Å². The number of hydrogen-bond donors (Lipinski definition) is 2. The van der Waals surface area contributed by atoms with Crippen molar-refractivity contribution in [3.8, 4) is 11.4 Å². The van der Waals surface area contributed by atoms with Gasteiger partial charge in [0.1, 0.15) is 0 Å². The van der Waals surface area contributed by atoms with Crippen molar-refractivity contribution in [1.82, 2.24) is 20.8 Å². The number of aromatic nitrogens is 2. The van der Waals surface area contributed by atoms with Gasteiger partial charge < -0.3 is 15.2 Å². The summed E-state index contributed by atoms with van der Waals surface area (Å²) in [6, 6.07) is 6.86. The van der Waals surface area contributed by atoms with Gasteiger partial charge in [-0.1, -0.05) is 23.2 Å². The molecule has 29 heavy (non-hydrogen) atoms. The summed E-state index contributed by atoms with van der Waals surface area (Å²) in [6.45, 7) is 0.456. The number of nitrogens with one attached hydrogen (secondary N) is 2. The highest BCUT2D eigenvalue weighted by Gasteiger charge is 2.42. The van der Waals surface area contributed by atoms with Gasteiger partial charge in [0, 0.05) is 36.6 Å². The fourth-order valence-corrected chi connectivity index (χ4v) is 3.49. The molecule has 0 spiro atoms. The first-order valence-corrected chi connectivity index (χ1v) is 9.85. The van der Waals surface area contributed by atoms with Crippen molar-refractivity contribution in [2.45, 2.75) is 44.3 Å². The Balaban J connectivity index is 1.47. The number of aliphatic imine (C=N–C) groups is 1. The summed E-state index contributed by atoms with van der Waals surface area (Å²) >= 11 is 5.87. The first kappa shape index (κ1) is 21.4. The van der Waals surface area contributed by atoms with Crippen LogP contribution in [0.1, 0.15) is 31.6 Å². The van der Waals surface area contributed by atoms with Crippen LogP contribution in [-0.2, 0) is 6.42 Å². The molecule has 1 aliphatic rings. The van der Waals surface area contributed by atoms with Crippen molar-refractivity contribution in [3.63, 3.8) is 0 Å². The molecule has 0 amide bonds. The maximum absolute atomic E-state index is 13.0. The van der Waals surface area contributed by atoms with E-state index in [0.29, 0.717) is 48.5 Å². The number of guanidine groups is 1. The van der Waals surface area contributed by atoms with Gasteiger partial charge in [-0.05, 0) is 43.5 Å².